The standard InChI is InChI=1S/C12H15ClN2O2/c1-12(2)3-4-15(7-12)10-9(13)5-8(6-14-10)11(16)17/h5-6H,3-4,7H2,1-2H3,(H,16,17). The fraction of sp³-hybridized carbons (Fsp3) is 0.500. The van der Waals surface area contributed by atoms with Gasteiger partial charge in [-0.05, 0) is 17.9 Å². The number of hydrogen-bond acceptors (Lipinski definition) is 3. The van der Waals surface area contributed by atoms with Gasteiger partial charge < -0.3 is 10.0 Å². The van der Waals surface area contributed by atoms with Gasteiger partial charge in [0.25, 0.3) is 0 Å². The Bertz CT molecular complexity index is 460. The number of aromatic nitrogens is 1. The zero-order valence-electron chi connectivity index (χ0n) is 9.90. The zero-order valence-corrected chi connectivity index (χ0v) is 10.7. The van der Waals surface area contributed by atoms with Crippen LogP contribution in [0.25, 0.3) is 0 Å². The van der Waals surface area contributed by atoms with Crippen LogP contribution in [0, 0.1) is 5.41 Å². The first-order valence-electron chi connectivity index (χ1n) is 5.53. The number of nitrogens with zero attached hydrogens (tertiary/aromatic N) is 2. The topological polar surface area (TPSA) is 53.4 Å². The SMILES string of the molecule is CC1(C)CCN(c2ncc(C(=O)O)cc2Cl)C1. The second-order valence-corrected chi connectivity index (χ2v) is 5.58. The molecular weight excluding hydrogens is 240 g/mol. The molecule has 4 nitrogen and oxygen atoms in total. The predicted molar refractivity (Wildman–Crippen MR) is 66.8 cm³/mol. The van der Waals surface area contributed by atoms with Crippen LogP contribution in [-0.2, 0) is 0 Å². The van der Waals surface area contributed by atoms with Gasteiger partial charge in [-0.3, -0.25) is 0 Å². The maximum atomic E-state index is 10.8. The Hall–Kier alpha value is -1.29. The van der Waals surface area contributed by atoms with Crippen LogP contribution in [0.1, 0.15) is 30.6 Å². The number of halogens is 1. The Labute approximate surface area is 105 Å². The lowest BCUT2D eigenvalue weighted by molar-refractivity contribution is 0.0696. The average Bonchev–Trinajstić information content (AvgIpc) is 2.58. The molecule has 17 heavy (non-hydrogen) atoms. The quantitative estimate of drug-likeness (QED) is 0.882. The molecule has 92 valence electrons. The van der Waals surface area contributed by atoms with Crippen LogP contribution in [0.3, 0.4) is 0 Å². The molecule has 1 aromatic rings. The van der Waals surface area contributed by atoms with Crippen LogP contribution in [0.2, 0.25) is 5.02 Å². The molecule has 0 spiro atoms. The molecule has 1 aliphatic rings. The van der Waals surface area contributed by atoms with Gasteiger partial charge >= 0.3 is 5.97 Å². The summed E-state index contributed by atoms with van der Waals surface area (Å²) in [5.41, 5.74) is 0.383. The Kier molecular flexibility index (Phi) is 3.00. The summed E-state index contributed by atoms with van der Waals surface area (Å²) in [4.78, 5) is 17.0. The first kappa shape index (κ1) is 12.2. The van der Waals surface area contributed by atoms with Crippen molar-refractivity contribution in [1.29, 1.82) is 0 Å². The molecule has 0 bridgehead atoms. The molecule has 1 fully saturated rings. The molecule has 1 saturated heterocycles. The highest BCUT2D eigenvalue weighted by Crippen LogP contribution is 2.34. The Morgan fingerprint density at radius 2 is 2.29 bits per heavy atom. The van der Waals surface area contributed by atoms with E-state index in [1.807, 2.05) is 0 Å². The van der Waals surface area contributed by atoms with Crippen molar-refractivity contribution < 1.29 is 9.90 Å². The molecule has 0 amide bonds. The van der Waals surface area contributed by atoms with Crippen LogP contribution in [0.5, 0.6) is 0 Å². The van der Waals surface area contributed by atoms with Gasteiger partial charge in [0.2, 0.25) is 0 Å². The number of carbonyl (C=O) groups is 1. The molecular formula is C12H15ClN2O2. The minimum Gasteiger partial charge on any atom is -0.478 e. The van der Waals surface area contributed by atoms with Crippen molar-refractivity contribution in [3.05, 3.63) is 22.8 Å². The highest BCUT2D eigenvalue weighted by atomic mass is 35.5. The zero-order chi connectivity index (χ0) is 12.6. The maximum absolute atomic E-state index is 10.8. The second kappa shape index (κ2) is 4.18. The predicted octanol–water partition coefficient (Wildman–Crippen LogP) is 2.67. The minimum absolute atomic E-state index is 0.122. The molecule has 0 saturated carbocycles. The number of rotatable bonds is 2. The number of anilines is 1. The van der Waals surface area contributed by atoms with Crippen molar-refractivity contribution >= 4 is 23.4 Å². The molecule has 5 heteroatoms. The first-order valence-corrected chi connectivity index (χ1v) is 5.91. The highest BCUT2D eigenvalue weighted by molar-refractivity contribution is 6.33. The molecule has 0 aromatic carbocycles. The molecule has 1 N–H and O–H groups in total. The van der Waals surface area contributed by atoms with E-state index in [0.717, 1.165) is 19.5 Å². The van der Waals surface area contributed by atoms with Crippen molar-refractivity contribution in [3.63, 3.8) is 0 Å². The third-order valence-electron chi connectivity index (χ3n) is 3.05. The van der Waals surface area contributed by atoms with Gasteiger partial charge in [0, 0.05) is 19.3 Å². The van der Waals surface area contributed by atoms with Crippen LogP contribution in [0.4, 0.5) is 5.82 Å². The Balaban J connectivity index is 2.26. The molecule has 0 atom stereocenters. The fourth-order valence-electron chi connectivity index (χ4n) is 2.07. The maximum Gasteiger partial charge on any atom is 0.337 e. The lowest BCUT2D eigenvalue weighted by Crippen LogP contribution is -2.24. The smallest absolute Gasteiger partial charge is 0.337 e. The fourth-order valence-corrected chi connectivity index (χ4v) is 2.36. The van der Waals surface area contributed by atoms with Crippen LogP contribution >= 0.6 is 11.6 Å². The number of hydrogen-bond donors (Lipinski definition) is 1. The lowest BCUT2D eigenvalue weighted by Gasteiger charge is -2.21. The van der Waals surface area contributed by atoms with Gasteiger partial charge in [-0.15, -0.1) is 0 Å². The van der Waals surface area contributed by atoms with Gasteiger partial charge in [-0.1, -0.05) is 25.4 Å². The summed E-state index contributed by atoms with van der Waals surface area (Å²) in [6.45, 7) is 6.21. The summed E-state index contributed by atoms with van der Waals surface area (Å²) < 4.78 is 0. The number of pyridine rings is 1. The van der Waals surface area contributed by atoms with Gasteiger partial charge in [-0.2, -0.15) is 0 Å². The monoisotopic (exact) mass is 254 g/mol. The van der Waals surface area contributed by atoms with E-state index < -0.39 is 5.97 Å². The number of carboxylic acids is 1. The van der Waals surface area contributed by atoms with Crippen molar-refractivity contribution in [2.24, 2.45) is 5.41 Å². The van der Waals surface area contributed by atoms with Gasteiger partial charge in [0.1, 0.15) is 5.82 Å². The van der Waals surface area contributed by atoms with Crippen molar-refractivity contribution in [1.82, 2.24) is 4.98 Å². The van der Waals surface area contributed by atoms with Gasteiger partial charge in [0.15, 0.2) is 0 Å². The summed E-state index contributed by atoms with van der Waals surface area (Å²) in [6, 6.07) is 1.46. The average molecular weight is 255 g/mol. The van der Waals surface area contributed by atoms with E-state index >= 15 is 0 Å². The molecule has 1 aliphatic heterocycles. The van der Waals surface area contributed by atoms with E-state index in [-0.39, 0.29) is 11.0 Å². The summed E-state index contributed by atoms with van der Waals surface area (Å²) in [5.74, 6) is -0.324. The molecule has 0 unspecified atom stereocenters. The first-order chi connectivity index (χ1) is 7.89. The third-order valence-corrected chi connectivity index (χ3v) is 3.32. The van der Waals surface area contributed by atoms with E-state index in [4.69, 9.17) is 16.7 Å². The molecule has 2 rings (SSSR count). The number of aromatic carboxylic acids is 1. The van der Waals surface area contributed by atoms with E-state index in [1.54, 1.807) is 0 Å². The summed E-state index contributed by atoms with van der Waals surface area (Å²) in [6.07, 6.45) is 2.44. The summed E-state index contributed by atoms with van der Waals surface area (Å²) in [7, 11) is 0. The van der Waals surface area contributed by atoms with Gasteiger partial charge in [0.05, 0.1) is 10.6 Å². The number of carboxylic acid groups (broad SMARTS) is 1. The summed E-state index contributed by atoms with van der Waals surface area (Å²) >= 11 is 6.08. The van der Waals surface area contributed by atoms with Crippen LogP contribution < -0.4 is 4.90 Å². The lowest BCUT2D eigenvalue weighted by atomic mass is 9.93. The van der Waals surface area contributed by atoms with Crippen LogP contribution in [0.15, 0.2) is 12.3 Å². The normalized spacial score (nSPS) is 18.4. The van der Waals surface area contributed by atoms with E-state index in [2.05, 4.69) is 23.7 Å². The summed E-state index contributed by atoms with van der Waals surface area (Å²) in [5, 5.41) is 9.24. The molecule has 2 heterocycles. The second-order valence-electron chi connectivity index (χ2n) is 5.17. The van der Waals surface area contributed by atoms with Crippen molar-refractivity contribution in [2.75, 3.05) is 18.0 Å². The van der Waals surface area contributed by atoms with Crippen molar-refractivity contribution in [3.8, 4) is 0 Å². The highest BCUT2D eigenvalue weighted by Gasteiger charge is 2.31. The minimum atomic E-state index is -1.01. The molecule has 1 aromatic heterocycles. The Morgan fingerprint density at radius 1 is 1.59 bits per heavy atom. The van der Waals surface area contributed by atoms with E-state index in [1.165, 1.54) is 12.3 Å². The largest absolute Gasteiger partial charge is 0.478 e. The van der Waals surface area contributed by atoms with Gasteiger partial charge in [-0.25, -0.2) is 9.78 Å². The Morgan fingerprint density at radius 3 is 2.76 bits per heavy atom. The van der Waals surface area contributed by atoms with E-state index in [0.29, 0.717) is 10.8 Å². The molecule has 0 aliphatic carbocycles. The van der Waals surface area contributed by atoms with E-state index in [9.17, 15) is 4.79 Å². The van der Waals surface area contributed by atoms with Crippen molar-refractivity contribution in [2.45, 2.75) is 20.3 Å². The molecule has 0 radical (unpaired) electrons. The van der Waals surface area contributed by atoms with Crippen LogP contribution in [-0.4, -0.2) is 29.1 Å². The third kappa shape index (κ3) is 2.52.